The smallest absolute Gasteiger partial charge is 0.203 e. The van der Waals surface area contributed by atoms with Crippen LogP contribution in [0.3, 0.4) is 0 Å². The highest BCUT2D eigenvalue weighted by Gasteiger charge is 2.46. The van der Waals surface area contributed by atoms with Crippen LogP contribution in [0.1, 0.15) is 15.7 Å². The maximum atomic E-state index is 13.4. The van der Waals surface area contributed by atoms with Gasteiger partial charge in [0.25, 0.3) is 4.58 Å². The molecule has 0 spiro atoms. The Balaban J connectivity index is 3.95. The Morgan fingerprint density at radius 2 is 1.05 bits per heavy atom. The molecule has 0 heterocycles. The predicted octanol–water partition coefficient (Wildman–Crippen LogP) is 2.15. The summed E-state index contributed by atoms with van der Waals surface area (Å²) in [6.45, 7) is 0.545. The van der Waals surface area contributed by atoms with Crippen molar-refractivity contribution < 1.29 is 42.2 Å². The SMILES string of the molecule is Cc1c(F)c(F)c(C(S(=O)(=O)F)S(=O)(=O)F)c(F)c1F. The van der Waals surface area contributed by atoms with Crippen LogP contribution in [0, 0.1) is 30.2 Å². The lowest BCUT2D eigenvalue weighted by atomic mass is 10.1. The van der Waals surface area contributed by atoms with Crippen LogP contribution in [0.5, 0.6) is 0 Å². The van der Waals surface area contributed by atoms with Gasteiger partial charge in [-0.05, 0) is 6.92 Å². The molecular weight excluding hydrogens is 338 g/mol. The van der Waals surface area contributed by atoms with Crippen LogP contribution in [-0.4, -0.2) is 16.8 Å². The molecule has 0 radical (unpaired) electrons. The van der Waals surface area contributed by atoms with Crippen LogP contribution in [0.2, 0.25) is 0 Å². The normalized spacial score (nSPS) is 13.0. The van der Waals surface area contributed by atoms with E-state index < -0.39 is 59.4 Å². The van der Waals surface area contributed by atoms with Gasteiger partial charge in [-0.25, -0.2) is 17.6 Å². The summed E-state index contributed by atoms with van der Waals surface area (Å²) in [6.07, 6.45) is 0. The van der Waals surface area contributed by atoms with Gasteiger partial charge in [0.05, 0.1) is 5.56 Å². The second-order valence-corrected chi connectivity index (χ2v) is 6.72. The average Bonchev–Trinajstić information content (AvgIpc) is 2.26. The second kappa shape index (κ2) is 4.91. The minimum absolute atomic E-state index is 0.545. The minimum atomic E-state index is -6.44. The lowest BCUT2D eigenvalue weighted by Crippen LogP contribution is -2.21. The van der Waals surface area contributed by atoms with Crippen LogP contribution in [0.4, 0.5) is 25.3 Å². The van der Waals surface area contributed by atoms with E-state index in [-0.39, 0.29) is 0 Å². The van der Waals surface area contributed by atoms with Gasteiger partial charge in [-0.1, -0.05) is 0 Å². The summed E-state index contributed by atoms with van der Waals surface area (Å²) in [7, 11) is -12.9. The molecule has 1 aromatic rings. The molecular formula is C8H4F6O4S2. The number of benzene rings is 1. The molecule has 0 aromatic heterocycles. The fourth-order valence-electron chi connectivity index (χ4n) is 1.38. The molecule has 0 aliphatic carbocycles. The van der Waals surface area contributed by atoms with Gasteiger partial charge in [-0.2, -0.15) is 16.8 Å². The first kappa shape index (κ1) is 16.8. The summed E-state index contributed by atoms with van der Waals surface area (Å²) in [5, 5.41) is 0. The first-order valence-corrected chi connectivity index (χ1v) is 7.38. The largest absolute Gasteiger partial charge is 0.327 e. The highest BCUT2D eigenvalue weighted by atomic mass is 32.3. The van der Waals surface area contributed by atoms with Gasteiger partial charge in [0.2, 0.25) is 0 Å². The van der Waals surface area contributed by atoms with Gasteiger partial charge in [0, 0.05) is 5.56 Å². The van der Waals surface area contributed by atoms with E-state index >= 15 is 0 Å². The van der Waals surface area contributed by atoms with Gasteiger partial charge in [-0.15, -0.1) is 7.77 Å². The van der Waals surface area contributed by atoms with Crippen molar-refractivity contribution in [1.82, 2.24) is 0 Å². The summed E-state index contributed by atoms with van der Waals surface area (Å²) in [5.41, 5.74) is -3.68. The predicted molar refractivity (Wildman–Crippen MR) is 53.8 cm³/mol. The zero-order chi connectivity index (χ0) is 16.0. The molecule has 0 amide bonds. The summed E-state index contributed by atoms with van der Waals surface area (Å²) in [5.74, 6) is -9.38. The van der Waals surface area contributed by atoms with E-state index in [0.717, 1.165) is 0 Å². The van der Waals surface area contributed by atoms with Crippen molar-refractivity contribution in [3.05, 3.63) is 34.4 Å². The molecule has 114 valence electrons. The Labute approximate surface area is 109 Å². The van der Waals surface area contributed by atoms with E-state index in [2.05, 4.69) is 0 Å². The third-order valence-corrected chi connectivity index (χ3v) is 5.14. The van der Waals surface area contributed by atoms with E-state index in [9.17, 15) is 42.2 Å². The van der Waals surface area contributed by atoms with Crippen LogP contribution >= 0.6 is 0 Å². The molecule has 0 saturated heterocycles. The molecule has 0 unspecified atom stereocenters. The van der Waals surface area contributed by atoms with Crippen molar-refractivity contribution >= 4 is 20.4 Å². The minimum Gasteiger partial charge on any atom is -0.203 e. The summed E-state index contributed by atoms with van der Waals surface area (Å²) in [4.78, 5) is 0. The lowest BCUT2D eigenvalue weighted by Gasteiger charge is -2.13. The summed E-state index contributed by atoms with van der Waals surface area (Å²) < 4.78 is 117. The third-order valence-electron chi connectivity index (χ3n) is 2.26. The molecule has 0 N–H and O–H groups in total. The summed E-state index contributed by atoms with van der Waals surface area (Å²) in [6, 6.07) is 0. The number of hydrogen-bond donors (Lipinski definition) is 0. The molecule has 0 fully saturated rings. The summed E-state index contributed by atoms with van der Waals surface area (Å²) >= 11 is 0. The topological polar surface area (TPSA) is 68.3 Å². The molecule has 4 nitrogen and oxygen atoms in total. The molecule has 1 rings (SSSR count). The van der Waals surface area contributed by atoms with Crippen LogP contribution < -0.4 is 0 Å². The quantitative estimate of drug-likeness (QED) is 0.480. The maximum absolute atomic E-state index is 13.4. The Morgan fingerprint density at radius 3 is 1.30 bits per heavy atom. The average molecular weight is 342 g/mol. The third kappa shape index (κ3) is 2.75. The van der Waals surface area contributed by atoms with E-state index in [1.807, 2.05) is 0 Å². The van der Waals surface area contributed by atoms with Crippen molar-refractivity contribution in [3.8, 4) is 0 Å². The molecule has 12 heteroatoms. The highest BCUT2D eigenvalue weighted by Crippen LogP contribution is 2.37. The Hall–Kier alpha value is -1.30. The standard InChI is InChI=1S/C8H4F6O4S2/c1-2-4(9)6(11)3(7(12)5(2)10)8(19(13,15)16)20(14,17)18/h8H,1H3. The van der Waals surface area contributed by atoms with Crippen molar-refractivity contribution in [2.24, 2.45) is 0 Å². The number of hydrogen-bond acceptors (Lipinski definition) is 4. The van der Waals surface area contributed by atoms with Gasteiger partial charge >= 0.3 is 20.4 Å². The Bertz CT molecular complexity index is 710. The van der Waals surface area contributed by atoms with E-state index in [0.29, 0.717) is 6.92 Å². The first-order chi connectivity index (χ1) is 8.80. The molecule has 0 aliphatic heterocycles. The monoisotopic (exact) mass is 342 g/mol. The first-order valence-electron chi connectivity index (χ1n) is 4.49. The zero-order valence-corrected chi connectivity index (χ0v) is 10.9. The van der Waals surface area contributed by atoms with Crippen molar-refractivity contribution in [2.75, 3.05) is 0 Å². The van der Waals surface area contributed by atoms with Gasteiger partial charge in [0.1, 0.15) is 0 Å². The second-order valence-electron chi connectivity index (χ2n) is 3.58. The fraction of sp³-hybridized carbons (Fsp3) is 0.250. The zero-order valence-electron chi connectivity index (χ0n) is 9.29. The van der Waals surface area contributed by atoms with E-state index in [1.54, 1.807) is 0 Å². The van der Waals surface area contributed by atoms with Gasteiger partial charge in [0.15, 0.2) is 23.3 Å². The molecule has 0 aliphatic rings. The lowest BCUT2D eigenvalue weighted by molar-refractivity contribution is 0.429. The van der Waals surface area contributed by atoms with Crippen molar-refractivity contribution in [3.63, 3.8) is 0 Å². The maximum Gasteiger partial charge on any atom is 0.327 e. The number of rotatable bonds is 3. The molecule has 20 heavy (non-hydrogen) atoms. The van der Waals surface area contributed by atoms with Crippen LogP contribution in [0.25, 0.3) is 0 Å². The molecule has 0 saturated carbocycles. The van der Waals surface area contributed by atoms with Gasteiger partial charge < -0.3 is 0 Å². The van der Waals surface area contributed by atoms with Crippen LogP contribution in [0.15, 0.2) is 0 Å². The Morgan fingerprint density at radius 1 is 0.750 bits per heavy atom. The molecule has 0 bridgehead atoms. The van der Waals surface area contributed by atoms with E-state index in [1.165, 1.54) is 0 Å². The van der Waals surface area contributed by atoms with Crippen LogP contribution in [-0.2, 0) is 20.4 Å². The molecule has 1 aromatic carbocycles. The van der Waals surface area contributed by atoms with Crippen molar-refractivity contribution in [1.29, 1.82) is 0 Å². The Kier molecular flexibility index (Phi) is 4.11. The van der Waals surface area contributed by atoms with E-state index in [4.69, 9.17) is 0 Å². The number of halogens is 6. The van der Waals surface area contributed by atoms with Gasteiger partial charge in [-0.3, -0.25) is 0 Å². The molecule has 0 atom stereocenters. The van der Waals surface area contributed by atoms with Crippen molar-refractivity contribution in [2.45, 2.75) is 11.5 Å². The highest BCUT2D eigenvalue weighted by molar-refractivity contribution is 8.03. The fourth-order valence-corrected chi connectivity index (χ4v) is 3.46.